The van der Waals surface area contributed by atoms with Gasteiger partial charge < -0.3 is 9.84 Å². The Morgan fingerprint density at radius 3 is 2.28 bits per heavy atom. The SMILES string of the molecule is COC(=O)C(C)(CC(C)SC(C)CO)NC(C)C. The van der Waals surface area contributed by atoms with Gasteiger partial charge in [-0.15, -0.1) is 0 Å². The Bertz CT molecular complexity index is 261. The average molecular weight is 277 g/mol. The number of hydrogen-bond donors (Lipinski definition) is 2. The van der Waals surface area contributed by atoms with Crippen LogP contribution in [0.15, 0.2) is 0 Å². The van der Waals surface area contributed by atoms with E-state index in [4.69, 9.17) is 9.84 Å². The van der Waals surface area contributed by atoms with E-state index < -0.39 is 5.54 Å². The molecule has 5 heteroatoms. The van der Waals surface area contributed by atoms with Crippen molar-refractivity contribution in [1.82, 2.24) is 5.32 Å². The van der Waals surface area contributed by atoms with Crippen LogP contribution in [0.25, 0.3) is 0 Å². The first kappa shape index (κ1) is 17.7. The molecular formula is C13H27NO3S. The maximum absolute atomic E-state index is 11.9. The number of carbonyl (C=O) groups is 1. The molecule has 0 spiro atoms. The van der Waals surface area contributed by atoms with Gasteiger partial charge in [-0.25, -0.2) is 0 Å². The Hall–Kier alpha value is -0.260. The maximum atomic E-state index is 11.9. The van der Waals surface area contributed by atoms with E-state index in [0.29, 0.717) is 6.42 Å². The molecule has 0 saturated carbocycles. The second-order valence-electron chi connectivity index (χ2n) is 5.27. The zero-order chi connectivity index (χ0) is 14.3. The highest BCUT2D eigenvalue weighted by Crippen LogP contribution is 2.26. The van der Waals surface area contributed by atoms with Crippen LogP contribution in [0.5, 0.6) is 0 Å². The van der Waals surface area contributed by atoms with E-state index >= 15 is 0 Å². The summed E-state index contributed by atoms with van der Waals surface area (Å²) >= 11 is 1.68. The predicted molar refractivity (Wildman–Crippen MR) is 76.9 cm³/mol. The molecule has 0 fully saturated rings. The summed E-state index contributed by atoms with van der Waals surface area (Å²) in [5.41, 5.74) is -0.676. The first-order valence-electron chi connectivity index (χ1n) is 6.37. The second-order valence-corrected chi connectivity index (χ2v) is 7.15. The van der Waals surface area contributed by atoms with Gasteiger partial charge in [-0.1, -0.05) is 13.8 Å². The van der Waals surface area contributed by atoms with Gasteiger partial charge in [-0.2, -0.15) is 11.8 Å². The molecule has 0 aromatic rings. The fraction of sp³-hybridized carbons (Fsp3) is 0.923. The van der Waals surface area contributed by atoms with E-state index in [1.165, 1.54) is 7.11 Å². The molecule has 3 atom stereocenters. The molecule has 0 aliphatic carbocycles. The Balaban J connectivity index is 4.63. The van der Waals surface area contributed by atoms with Crippen molar-refractivity contribution in [3.8, 4) is 0 Å². The van der Waals surface area contributed by atoms with E-state index in [1.807, 2.05) is 27.7 Å². The Morgan fingerprint density at radius 2 is 1.89 bits per heavy atom. The number of aliphatic hydroxyl groups excluding tert-OH is 1. The summed E-state index contributed by atoms with van der Waals surface area (Å²) in [5.74, 6) is -0.236. The number of hydrogen-bond acceptors (Lipinski definition) is 5. The Labute approximate surface area is 115 Å². The molecule has 0 amide bonds. The lowest BCUT2D eigenvalue weighted by Gasteiger charge is -2.32. The smallest absolute Gasteiger partial charge is 0.325 e. The third-order valence-corrected chi connectivity index (χ3v) is 3.91. The number of nitrogens with one attached hydrogen (secondary N) is 1. The van der Waals surface area contributed by atoms with Gasteiger partial charge in [0.05, 0.1) is 13.7 Å². The molecular weight excluding hydrogens is 250 g/mol. The lowest BCUT2D eigenvalue weighted by atomic mass is 9.95. The van der Waals surface area contributed by atoms with Crippen LogP contribution in [0.2, 0.25) is 0 Å². The summed E-state index contributed by atoms with van der Waals surface area (Å²) in [6.07, 6.45) is 0.673. The normalized spacial score (nSPS) is 18.2. The van der Waals surface area contributed by atoms with E-state index in [1.54, 1.807) is 11.8 Å². The molecule has 0 aromatic carbocycles. The summed E-state index contributed by atoms with van der Waals surface area (Å²) in [5, 5.41) is 12.8. The highest BCUT2D eigenvalue weighted by molar-refractivity contribution is 8.00. The zero-order valence-electron chi connectivity index (χ0n) is 12.3. The predicted octanol–water partition coefficient (Wildman–Crippen LogP) is 1.81. The minimum absolute atomic E-state index is 0.154. The summed E-state index contributed by atoms with van der Waals surface area (Å²) in [6, 6.07) is 0.210. The van der Waals surface area contributed by atoms with E-state index in [0.717, 1.165) is 0 Å². The Morgan fingerprint density at radius 1 is 1.33 bits per heavy atom. The number of methoxy groups -OCH3 is 1. The molecule has 0 aromatic heterocycles. The third-order valence-electron chi connectivity index (χ3n) is 2.66. The molecule has 2 N–H and O–H groups in total. The molecule has 0 rings (SSSR count). The standard InChI is InChI=1S/C13H27NO3S/c1-9(2)14-13(5,12(16)17-6)7-10(3)18-11(4)8-15/h9-11,14-15H,7-8H2,1-6H3. The quantitative estimate of drug-likeness (QED) is 0.663. The van der Waals surface area contributed by atoms with Crippen molar-refractivity contribution in [1.29, 1.82) is 0 Å². The van der Waals surface area contributed by atoms with Crippen LogP contribution >= 0.6 is 11.8 Å². The minimum atomic E-state index is -0.676. The van der Waals surface area contributed by atoms with Gasteiger partial charge in [0.25, 0.3) is 0 Å². The van der Waals surface area contributed by atoms with Gasteiger partial charge in [-0.05, 0) is 27.2 Å². The highest BCUT2D eigenvalue weighted by atomic mass is 32.2. The van der Waals surface area contributed by atoms with Crippen molar-refractivity contribution in [2.45, 2.75) is 63.1 Å². The number of esters is 1. The van der Waals surface area contributed by atoms with Crippen molar-refractivity contribution < 1.29 is 14.6 Å². The van der Waals surface area contributed by atoms with Crippen molar-refractivity contribution in [2.24, 2.45) is 0 Å². The zero-order valence-corrected chi connectivity index (χ0v) is 13.1. The fourth-order valence-corrected chi connectivity index (χ4v) is 3.43. The van der Waals surface area contributed by atoms with Crippen molar-refractivity contribution in [2.75, 3.05) is 13.7 Å². The lowest BCUT2D eigenvalue weighted by molar-refractivity contribution is -0.148. The molecule has 0 aliphatic rings. The van der Waals surface area contributed by atoms with Gasteiger partial charge in [0.1, 0.15) is 5.54 Å². The maximum Gasteiger partial charge on any atom is 0.325 e. The molecule has 0 aliphatic heterocycles. The van der Waals surface area contributed by atoms with E-state index in [2.05, 4.69) is 12.2 Å². The highest BCUT2D eigenvalue weighted by Gasteiger charge is 2.36. The van der Waals surface area contributed by atoms with Crippen LogP contribution < -0.4 is 5.32 Å². The number of thioether (sulfide) groups is 1. The molecule has 3 unspecified atom stereocenters. The topological polar surface area (TPSA) is 58.6 Å². The average Bonchev–Trinajstić information content (AvgIpc) is 2.25. The van der Waals surface area contributed by atoms with Gasteiger partial charge in [-0.3, -0.25) is 10.1 Å². The molecule has 0 radical (unpaired) electrons. The van der Waals surface area contributed by atoms with Crippen molar-refractivity contribution in [3.05, 3.63) is 0 Å². The van der Waals surface area contributed by atoms with Gasteiger partial charge in [0, 0.05) is 16.5 Å². The van der Waals surface area contributed by atoms with Crippen LogP contribution in [0.3, 0.4) is 0 Å². The molecule has 0 bridgehead atoms. The number of rotatable bonds is 8. The molecule has 18 heavy (non-hydrogen) atoms. The minimum Gasteiger partial charge on any atom is -0.468 e. The molecule has 0 saturated heterocycles. The fourth-order valence-electron chi connectivity index (χ4n) is 2.13. The van der Waals surface area contributed by atoms with E-state index in [-0.39, 0.29) is 29.1 Å². The molecule has 0 heterocycles. The third kappa shape index (κ3) is 6.07. The lowest BCUT2D eigenvalue weighted by Crippen LogP contribution is -2.54. The summed E-state index contributed by atoms with van der Waals surface area (Å²) in [7, 11) is 1.41. The molecule has 4 nitrogen and oxygen atoms in total. The summed E-state index contributed by atoms with van der Waals surface area (Å²) in [4.78, 5) is 11.9. The number of aliphatic hydroxyl groups is 1. The van der Waals surface area contributed by atoms with Gasteiger partial charge in [0.2, 0.25) is 0 Å². The van der Waals surface area contributed by atoms with Crippen molar-refractivity contribution >= 4 is 17.7 Å². The van der Waals surface area contributed by atoms with Crippen LogP contribution in [0.4, 0.5) is 0 Å². The van der Waals surface area contributed by atoms with Crippen molar-refractivity contribution in [3.63, 3.8) is 0 Å². The van der Waals surface area contributed by atoms with E-state index in [9.17, 15) is 4.79 Å². The van der Waals surface area contributed by atoms with Gasteiger partial charge in [0.15, 0.2) is 0 Å². The number of carbonyl (C=O) groups excluding carboxylic acids is 1. The largest absolute Gasteiger partial charge is 0.468 e. The van der Waals surface area contributed by atoms with Crippen LogP contribution in [-0.4, -0.2) is 46.9 Å². The summed E-state index contributed by atoms with van der Waals surface area (Å²) in [6.45, 7) is 10.1. The Kier molecular flexibility index (Phi) is 7.90. The van der Waals surface area contributed by atoms with Gasteiger partial charge >= 0.3 is 5.97 Å². The first-order chi connectivity index (χ1) is 8.25. The monoisotopic (exact) mass is 277 g/mol. The van der Waals surface area contributed by atoms with Crippen LogP contribution in [-0.2, 0) is 9.53 Å². The first-order valence-corrected chi connectivity index (χ1v) is 7.32. The summed E-state index contributed by atoms with van der Waals surface area (Å²) < 4.78 is 4.89. The second kappa shape index (κ2) is 8.02. The van der Waals surface area contributed by atoms with Crippen LogP contribution in [0.1, 0.15) is 41.0 Å². The van der Waals surface area contributed by atoms with Crippen LogP contribution in [0, 0.1) is 0 Å². The number of ether oxygens (including phenoxy) is 1. The molecule has 108 valence electrons.